The topological polar surface area (TPSA) is 20.2 Å². The van der Waals surface area contributed by atoms with E-state index in [9.17, 15) is 5.11 Å². The molecule has 0 unspecified atom stereocenters. The van der Waals surface area contributed by atoms with Crippen LogP contribution < -0.4 is 0 Å². The summed E-state index contributed by atoms with van der Waals surface area (Å²) in [5.41, 5.74) is 3.52. The molecule has 0 aliphatic heterocycles. The van der Waals surface area contributed by atoms with E-state index in [4.69, 9.17) is 0 Å². The normalized spacial score (nSPS) is 10.9. The number of phenolic OH excluding ortho intramolecular Hbond substituents is 1. The van der Waals surface area contributed by atoms with Gasteiger partial charge in [0, 0.05) is 0 Å². The highest BCUT2D eigenvalue weighted by Gasteiger charge is 1.91. The predicted molar refractivity (Wildman–Crippen MR) is 72.9 cm³/mol. The Morgan fingerprint density at radius 2 is 1.65 bits per heavy atom. The number of hydrogen-bond acceptors (Lipinski definition) is 1. The van der Waals surface area contributed by atoms with Crippen LogP contribution in [0.2, 0.25) is 0 Å². The van der Waals surface area contributed by atoms with E-state index in [1.54, 1.807) is 12.1 Å². The quantitative estimate of drug-likeness (QED) is 0.777. The first-order valence-corrected chi connectivity index (χ1v) is 5.84. The molecule has 0 saturated carbocycles. The van der Waals surface area contributed by atoms with Crippen molar-refractivity contribution in [1.82, 2.24) is 0 Å². The van der Waals surface area contributed by atoms with Crippen LogP contribution in [-0.4, -0.2) is 5.11 Å². The minimum atomic E-state index is 0.300. The largest absolute Gasteiger partial charge is 0.508 e. The molecular formula is C16H16O. The molecule has 0 radical (unpaired) electrons. The first-order chi connectivity index (χ1) is 8.28. The summed E-state index contributed by atoms with van der Waals surface area (Å²) >= 11 is 0. The molecule has 1 heteroatoms. The number of benzene rings is 2. The van der Waals surface area contributed by atoms with E-state index in [0.717, 1.165) is 12.0 Å². The van der Waals surface area contributed by atoms with Crippen molar-refractivity contribution in [2.45, 2.75) is 13.3 Å². The predicted octanol–water partition coefficient (Wildman–Crippen LogP) is 4.13. The summed E-state index contributed by atoms with van der Waals surface area (Å²) in [4.78, 5) is 0. The summed E-state index contributed by atoms with van der Waals surface area (Å²) in [6.07, 6.45) is 5.12. The van der Waals surface area contributed by atoms with Crippen molar-refractivity contribution in [3.8, 4) is 5.75 Å². The van der Waals surface area contributed by atoms with Gasteiger partial charge in [0.15, 0.2) is 0 Å². The van der Waals surface area contributed by atoms with Crippen molar-refractivity contribution in [2.75, 3.05) is 0 Å². The minimum absolute atomic E-state index is 0.300. The van der Waals surface area contributed by atoms with Gasteiger partial charge in [-0.25, -0.2) is 0 Å². The van der Waals surface area contributed by atoms with Gasteiger partial charge >= 0.3 is 0 Å². The number of hydrogen-bond donors (Lipinski definition) is 1. The van der Waals surface area contributed by atoms with Crippen LogP contribution in [0.4, 0.5) is 0 Å². The third kappa shape index (κ3) is 3.22. The lowest BCUT2D eigenvalue weighted by atomic mass is 10.1. The fraction of sp³-hybridized carbons (Fsp3) is 0.125. The summed E-state index contributed by atoms with van der Waals surface area (Å²) < 4.78 is 0. The molecule has 0 spiro atoms. The van der Waals surface area contributed by atoms with Crippen LogP contribution >= 0.6 is 0 Å². The van der Waals surface area contributed by atoms with E-state index >= 15 is 0 Å². The SMILES string of the molecule is CCc1ccc(/C=C/c2cccc(O)c2)cc1. The Labute approximate surface area is 102 Å². The van der Waals surface area contributed by atoms with E-state index in [0.29, 0.717) is 5.75 Å². The second-order valence-corrected chi connectivity index (χ2v) is 4.02. The molecule has 0 aromatic heterocycles. The Bertz CT molecular complexity index is 509. The van der Waals surface area contributed by atoms with Gasteiger partial charge in [-0.1, -0.05) is 55.5 Å². The minimum Gasteiger partial charge on any atom is -0.508 e. The van der Waals surface area contributed by atoms with Gasteiger partial charge < -0.3 is 5.11 Å². The molecule has 17 heavy (non-hydrogen) atoms. The molecule has 0 aliphatic rings. The zero-order valence-corrected chi connectivity index (χ0v) is 9.93. The Kier molecular flexibility index (Phi) is 3.61. The van der Waals surface area contributed by atoms with E-state index < -0.39 is 0 Å². The lowest BCUT2D eigenvalue weighted by molar-refractivity contribution is 0.475. The van der Waals surface area contributed by atoms with Gasteiger partial charge in [-0.2, -0.15) is 0 Å². The maximum absolute atomic E-state index is 9.34. The zero-order chi connectivity index (χ0) is 12.1. The van der Waals surface area contributed by atoms with Crippen molar-refractivity contribution in [1.29, 1.82) is 0 Å². The second kappa shape index (κ2) is 5.35. The number of phenols is 1. The Morgan fingerprint density at radius 3 is 2.29 bits per heavy atom. The molecule has 0 saturated heterocycles. The molecule has 0 fully saturated rings. The fourth-order valence-corrected chi connectivity index (χ4v) is 1.69. The average molecular weight is 224 g/mol. The van der Waals surface area contributed by atoms with Crippen LogP contribution in [0.15, 0.2) is 48.5 Å². The number of aromatic hydroxyl groups is 1. The number of aryl methyl sites for hydroxylation is 1. The molecule has 0 heterocycles. The van der Waals surface area contributed by atoms with Crippen LogP contribution in [0.5, 0.6) is 5.75 Å². The molecule has 0 bridgehead atoms. The van der Waals surface area contributed by atoms with Crippen LogP contribution in [0.25, 0.3) is 12.2 Å². The smallest absolute Gasteiger partial charge is 0.116 e. The van der Waals surface area contributed by atoms with E-state index in [1.165, 1.54) is 11.1 Å². The summed E-state index contributed by atoms with van der Waals surface area (Å²) in [6, 6.07) is 15.7. The van der Waals surface area contributed by atoms with Gasteiger partial charge in [-0.3, -0.25) is 0 Å². The molecule has 1 nitrogen and oxygen atoms in total. The van der Waals surface area contributed by atoms with Gasteiger partial charge in [-0.05, 0) is 35.2 Å². The van der Waals surface area contributed by atoms with Crippen molar-refractivity contribution < 1.29 is 5.11 Å². The maximum atomic E-state index is 9.34. The summed E-state index contributed by atoms with van der Waals surface area (Å²) in [6.45, 7) is 2.15. The molecule has 2 aromatic carbocycles. The van der Waals surface area contributed by atoms with Gasteiger partial charge in [0.1, 0.15) is 5.75 Å². The average Bonchev–Trinajstić information content (AvgIpc) is 2.37. The standard InChI is InChI=1S/C16H16O/c1-2-13-6-8-14(9-7-13)10-11-15-4-3-5-16(17)12-15/h3-12,17H,2H2,1H3/b11-10+. The highest BCUT2D eigenvalue weighted by molar-refractivity contribution is 5.70. The van der Waals surface area contributed by atoms with Crippen LogP contribution in [0.3, 0.4) is 0 Å². The van der Waals surface area contributed by atoms with E-state index in [1.807, 2.05) is 24.3 Å². The molecule has 0 aliphatic carbocycles. The maximum Gasteiger partial charge on any atom is 0.116 e. The van der Waals surface area contributed by atoms with Gasteiger partial charge in [0.25, 0.3) is 0 Å². The third-order valence-corrected chi connectivity index (χ3v) is 2.73. The van der Waals surface area contributed by atoms with Crippen molar-refractivity contribution in [2.24, 2.45) is 0 Å². The van der Waals surface area contributed by atoms with Crippen molar-refractivity contribution in [3.63, 3.8) is 0 Å². The first kappa shape index (κ1) is 11.5. The molecular weight excluding hydrogens is 208 g/mol. The first-order valence-electron chi connectivity index (χ1n) is 5.84. The molecule has 2 aromatic rings. The summed E-state index contributed by atoms with van der Waals surface area (Å²) in [5.74, 6) is 0.300. The van der Waals surface area contributed by atoms with E-state index in [2.05, 4.69) is 31.2 Å². The van der Waals surface area contributed by atoms with Crippen LogP contribution in [0, 0.1) is 0 Å². The summed E-state index contributed by atoms with van der Waals surface area (Å²) in [5, 5.41) is 9.34. The van der Waals surface area contributed by atoms with E-state index in [-0.39, 0.29) is 0 Å². The highest BCUT2D eigenvalue weighted by Crippen LogP contribution is 2.14. The lowest BCUT2D eigenvalue weighted by Gasteiger charge is -1.98. The lowest BCUT2D eigenvalue weighted by Crippen LogP contribution is -1.79. The Morgan fingerprint density at radius 1 is 0.941 bits per heavy atom. The Hall–Kier alpha value is -2.02. The number of rotatable bonds is 3. The van der Waals surface area contributed by atoms with Gasteiger partial charge in [-0.15, -0.1) is 0 Å². The fourth-order valence-electron chi connectivity index (χ4n) is 1.69. The summed E-state index contributed by atoms with van der Waals surface area (Å²) in [7, 11) is 0. The molecule has 0 atom stereocenters. The van der Waals surface area contributed by atoms with Gasteiger partial charge in [0.05, 0.1) is 0 Å². The van der Waals surface area contributed by atoms with Gasteiger partial charge in [0.2, 0.25) is 0 Å². The second-order valence-electron chi connectivity index (χ2n) is 4.02. The van der Waals surface area contributed by atoms with Crippen LogP contribution in [-0.2, 0) is 6.42 Å². The molecule has 2 rings (SSSR count). The van der Waals surface area contributed by atoms with Crippen molar-refractivity contribution >= 4 is 12.2 Å². The zero-order valence-electron chi connectivity index (χ0n) is 9.93. The molecule has 86 valence electrons. The van der Waals surface area contributed by atoms with Crippen molar-refractivity contribution in [3.05, 3.63) is 65.2 Å². The molecule has 0 amide bonds. The Balaban J connectivity index is 2.14. The molecule has 1 N–H and O–H groups in total. The van der Waals surface area contributed by atoms with Crippen LogP contribution in [0.1, 0.15) is 23.6 Å². The third-order valence-electron chi connectivity index (χ3n) is 2.73. The monoisotopic (exact) mass is 224 g/mol. The highest BCUT2D eigenvalue weighted by atomic mass is 16.3.